The summed E-state index contributed by atoms with van der Waals surface area (Å²) >= 11 is 1.72. The minimum absolute atomic E-state index is 0.179. The van der Waals surface area contributed by atoms with Crippen molar-refractivity contribution in [1.29, 1.82) is 0 Å². The molecule has 0 fully saturated rings. The number of aryl methyl sites for hydroxylation is 1. The van der Waals surface area contributed by atoms with Gasteiger partial charge in [-0.05, 0) is 25.5 Å². The molecule has 0 bridgehead atoms. The first-order valence-electron chi connectivity index (χ1n) is 6.47. The lowest BCUT2D eigenvalue weighted by Crippen LogP contribution is -2.28. The summed E-state index contributed by atoms with van der Waals surface area (Å²) in [5, 5.41) is 4.50. The number of aromatic nitrogens is 2. The van der Waals surface area contributed by atoms with E-state index in [0.717, 1.165) is 28.9 Å². The fourth-order valence-corrected chi connectivity index (χ4v) is 2.92. The Morgan fingerprint density at radius 3 is 3.00 bits per heavy atom. The molecule has 0 aliphatic heterocycles. The first-order valence-corrected chi connectivity index (χ1v) is 7.29. The Morgan fingerprint density at radius 2 is 2.32 bits per heavy atom. The Kier molecular flexibility index (Phi) is 5.07. The van der Waals surface area contributed by atoms with Gasteiger partial charge in [0, 0.05) is 12.0 Å². The number of methoxy groups -OCH3 is 1. The normalized spacial score (nSPS) is 12.8. The van der Waals surface area contributed by atoms with E-state index >= 15 is 0 Å². The van der Waals surface area contributed by atoms with Crippen molar-refractivity contribution in [2.45, 2.75) is 25.8 Å². The quantitative estimate of drug-likeness (QED) is 0.812. The molecule has 0 amide bonds. The van der Waals surface area contributed by atoms with Crippen LogP contribution in [0.4, 0.5) is 5.82 Å². The van der Waals surface area contributed by atoms with Crippen molar-refractivity contribution < 1.29 is 4.74 Å². The molecule has 0 aromatic carbocycles. The predicted octanol–water partition coefficient (Wildman–Crippen LogP) is 2.03. The van der Waals surface area contributed by atoms with Crippen molar-refractivity contribution in [1.82, 2.24) is 9.97 Å². The van der Waals surface area contributed by atoms with E-state index in [1.165, 1.54) is 4.88 Å². The summed E-state index contributed by atoms with van der Waals surface area (Å²) in [5.74, 6) is 0.872. The van der Waals surface area contributed by atoms with Crippen LogP contribution in [0.1, 0.15) is 18.2 Å². The Bertz CT molecular complexity index is 522. The van der Waals surface area contributed by atoms with Crippen molar-refractivity contribution >= 4 is 27.4 Å². The van der Waals surface area contributed by atoms with Crippen LogP contribution < -0.4 is 11.1 Å². The smallest absolute Gasteiger partial charge is 0.138 e. The SMILES string of the molecule is CCc1cc2c(NC(CCN)COC)ncnc2s1. The van der Waals surface area contributed by atoms with Crippen LogP contribution in [0.3, 0.4) is 0 Å². The summed E-state index contributed by atoms with van der Waals surface area (Å²) in [7, 11) is 1.69. The molecule has 3 N–H and O–H groups in total. The van der Waals surface area contributed by atoms with E-state index in [4.69, 9.17) is 10.5 Å². The van der Waals surface area contributed by atoms with Gasteiger partial charge in [0.25, 0.3) is 0 Å². The summed E-state index contributed by atoms with van der Waals surface area (Å²) in [5.41, 5.74) is 5.63. The van der Waals surface area contributed by atoms with Crippen LogP contribution in [-0.4, -0.2) is 36.3 Å². The van der Waals surface area contributed by atoms with Crippen LogP contribution in [0.25, 0.3) is 10.2 Å². The second kappa shape index (κ2) is 6.79. The van der Waals surface area contributed by atoms with Gasteiger partial charge >= 0.3 is 0 Å². The molecule has 2 heterocycles. The Morgan fingerprint density at radius 1 is 1.47 bits per heavy atom. The first kappa shape index (κ1) is 14.2. The number of fused-ring (bicyclic) bond motifs is 1. The Hall–Kier alpha value is -1.24. The lowest BCUT2D eigenvalue weighted by atomic mass is 10.2. The minimum Gasteiger partial charge on any atom is -0.383 e. The minimum atomic E-state index is 0.179. The summed E-state index contributed by atoms with van der Waals surface area (Å²) in [4.78, 5) is 11.0. The predicted molar refractivity (Wildman–Crippen MR) is 79.8 cm³/mol. The van der Waals surface area contributed by atoms with Gasteiger partial charge < -0.3 is 15.8 Å². The van der Waals surface area contributed by atoms with Gasteiger partial charge in [-0.3, -0.25) is 0 Å². The van der Waals surface area contributed by atoms with E-state index in [1.807, 2.05) is 0 Å². The van der Waals surface area contributed by atoms with Gasteiger partial charge in [0.2, 0.25) is 0 Å². The molecular weight excluding hydrogens is 260 g/mol. The lowest BCUT2D eigenvalue weighted by Gasteiger charge is -2.17. The standard InChI is InChI=1S/C13H20N4OS/c1-3-10-6-11-12(15-8-16-13(11)19-10)17-9(4-5-14)7-18-2/h6,8-9H,3-5,7,14H2,1-2H3,(H,15,16,17). The van der Waals surface area contributed by atoms with Crippen LogP contribution in [-0.2, 0) is 11.2 Å². The van der Waals surface area contributed by atoms with Crippen molar-refractivity contribution in [3.63, 3.8) is 0 Å². The maximum absolute atomic E-state index is 5.63. The summed E-state index contributed by atoms with van der Waals surface area (Å²) in [6, 6.07) is 2.34. The van der Waals surface area contributed by atoms with Crippen molar-refractivity contribution in [2.24, 2.45) is 5.73 Å². The number of rotatable bonds is 7. The summed E-state index contributed by atoms with van der Waals surface area (Å²) < 4.78 is 5.21. The van der Waals surface area contributed by atoms with Gasteiger partial charge in [0.05, 0.1) is 18.0 Å². The van der Waals surface area contributed by atoms with E-state index in [1.54, 1.807) is 24.8 Å². The molecule has 0 radical (unpaired) electrons. The fraction of sp³-hybridized carbons (Fsp3) is 0.538. The number of nitrogens with one attached hydrogen (secondary N) is 1. The van der Waals surface area contributed by atoms with Crippen LogP contribution in [0.2, 0.25) is 0 Å². The second-order valence-corrected chi connectivity index (χ2v) is 5.50. The van der Waals surface area contributed by atoms with Crippen molar-refractivity contribution in [3.05, 3.63) is 17.3 Å². The molecule has 1 unspecified atom stereocenters. The zero-order chi connectivity index (χ0) is 13.7. The van der Waals surface area contributed by atoms with Crippen LogP contribution in [0.15, 0.2) is 12.4 Å². The Labute approximate surface area is 117 Å². The molecule has 0 aliphatic carbocycles. The molecule has 0 saturated heterocycles. The largest absolute Gasteiger partial charge is 0.383 e. The van der Waals surface area contributed by atoms with Crippen LogP contribution in [0.5, 0.6) is 0 Å². The van der Waals surface area contributed by atoms with E-state index < -0.39 is 0 Å². The van der Waals surface area contributed by atoms with Gasteiger partial charge in [-0.25, -0.2) is 9.97 Å². The molecule has 0 spiro atoms. The van der Waals surface area contributed by atoms with Crippen molar-refractivity contribution in [2.75, 3.05) is 25.6 Å². The molecule has 104 valence electrons. The molecule has 2 aromatic rings. The van der Waals surface area contributed by atoms with Crippen molar-refractivity contribution in [3.8, 4) is 0 Å². The topological polar surface area (TPSA) is 73.1 Å². The van der Waals surface area contributed by atoms with Gasteiger partial charge in [0.15, 0.2) is 0 Å². The average Bonchev–Trinajstić information content (AvgIpc) is 2.83. The van der Waals surface area contributed by atoms with E-state index in [9.17, 15) is 0 Å². The molecule has 2 aromatic heterocycles. The maximum Gasteiger partial charge on any atom is 0.138 e. The van der Waals surface area contributed by atoms with E-state index in [2.05, 4.69) is 28.3 Å². The first-order chi connectivity index (χ1) is 9.28. The molecule has 0 saturated carbocycles. The van der Waals surface area contributed by atoms with Gasteiger partial charge in [-0.2, -0.15) is 0 Å². The summed E-state index contributed by atoms with van der Waals surface area (Å²) in [6.07, 6.45) is 3.47. The average molecular weight is 280 g/mol. The molecular formula is C13H20N4OS. The van der Waals surface area contributed by atoms with Crippen LogP contribution in [0, 0.1) is 0 Å². The molecule has 1 atom stereocenters. The highest BCUT2D eigenvalue weighted by Crippen LogP contribution is 2.28. The summed E-state index contributed by atoms with van der Waals surface area (Å²) in [6.45, 7) is 3.39. The number of hydrogen-bond donors (Lipinski definition) is 2. The third-order valence-electron chi connectivity index (χ3n) is 2.95. The van der Waals surface area contributed by atoms with E-state index in [0.29, 0.717) is 13.2 Å². The molecule has 0 aliphatic rings. The number of anilines is 1. The molecule has 6 heteroatoms. The fourth-order valence-electron chi connectivity index (χ4n) is 1.99. The highest BCUT2D eigenvalue weighted by molar-refractivity contribution is 7.18. The zero-order valence-electron chi connectivity index (χ0n) is 11.3. The van der Waals surface area contributed by atoms with Crippen LogP contribution >= 0.6 is 11.3 Å². The number of ether oxygens (including phenoxy) is 1. The third kappa shape index (κ3) is 3.40. The molecule has 5 nitrogen and oxygen atoms in total. The number of nitrogens with two attached hydrogens (primary N) is 1. The highest BCUT2D eigenvalue weighted by Gasteiger charge is 2.12. The maximum atomic E-state index is 5.63. The van der Waals surface area contributed by atoms with Gasteiger partial charge in [-0.15, -0.1) is 11.3 Å². The molecule has 19 heavy (non-hydrogen) atoms. The zero-order valence-corrected chi connectivity index (χ0v) is 12.2. The van der Waals surface area contributed by atoms with Gasteiger partial charge in [0.1, 0.15) is 17.0 Å². The number of nitrogens with zero attached hydrogens (tertiary/aromatic N) is 2. The highest BCUT2D eigenvalue weighted by atomic mass is 32.1. The number of hydrogen-bond acceptors (Lipinski definition) is 6. The lowest BCUT2D eigenvalue weighted by molar-refractivity contribution is 0.183. The third-order valence-corrected chi connectivity index (χ3v) is 4.14. The Balaban J connectivity index is 2.25. The number of thiophene rings is 1. The van der Waals surface area contributed by atoms with E-state index in [-0.39, 0.29) is 6.04 Å². The van der Waals surface area contributed by atoms with Gasteiger partial charge in [-0.1, -0.05) is 6.92 Å². The monoisotopic (exact) mass is 280 g/mol. The molecule has 2 rings (SSSR count). The second-order valence-electron chi connectivity index (χ2n) is 4.38.